The van der Waals surface area contributed by atoms with E-state index in [0.717, 1.165) is 57.8 Å². The first-order valence-corrected chi connectivity index (χ1v) is 9.62. The zero-order valence-corrected chi connectivity index (χ0v) is 16.4. The van der Waals surface area contributed by atoms with Crippen molar-refractivity contribution in [2.75, 3.05) is 46.4 Å². The van der Waals surface area contributed by atoms with E-state index >= 15 is 0 Å². The Bertz CT molecular complexity index is 809. The minimum absolute atomic E-state index is 0.104. The summed E-state index contributed by atoms with van der Waals surface area (Å²) in [5.74, 6) is -1.57. The predicted octanol–water partition coefficient (Wildman–Crippen LogP) is 2.72. The molecule has 0 saturated carbocycles. The Labute approximate surface area is 168 Å². The van der Waals surface area contributed by atoms with Crippen LogP contribution in [0.2, 0.25) is 0 Å². The number of halogens is 2. The maximum atomic E-state index is 13.6. The predicted molar refractivity (Wildman–Crippen MR) is 101 cm³/mol. The van der Waals surface area contributed by atoms with Crippen LogP contribution in [-0.2, 0) is 11.3 Å². The number of amides is 1. The Balaban J connectivity index is 1.41. The summed E-state index contributed by atoms with van der Waals surface area (Å²) in [5.41, 5.74) is 0.166. The lowest BCUT2D eigenvalue weighted by Crippen LogP contribution is -2.37. The van der Waals surface area contributed by atoms with Crippen LogP contribution in [0, 0.1) is 11.6 Å². The fraction of sp³-hybridized carbons (Fsp3) is 0.500. The van der Waals surface area contributed by atoms with Crippen LogP contribution >= 0.6 is 0 Å². The molecule has 1 saturated heterocycles. The highest BCUT2D eigenvalue weighted by Gasteiger charge is 2.18. The molecule has 0 unspecified atom stereocenters. The van der Waals surface area contributed by atoms with Crippen LogP contribution in [0.3, 0.4) is 0 Å². The highest BCUT2D eigenvalue weighted by molar-refractivity contribution is 5.92. The standard InChI is InChI=1S/C20H25F2N3O4/c1-24(6-2-3-7-25-8-10-27-11-9-25)20(26)18-13-16(29-23-18)14-28-19-5-4-15(21)12-17(19)22/h4-5,12-13H,2-3,6-11,14H2,1H3. The molecule has 9 heteroatoms. The molecule has 0 radical (unpaired) electrons. The number of carbonyl (C=O) groups is 1. The summed E-state index contributed by atoms with van der Waals surface area (Å²) >= 11 is 0. The van der Waals surface area contributed by atoms with Crippen LogP contribution in [0.5, 0.6) is 5.75 Å². The maximum absolute atomic E-state index is 13.6. The van der Waals surface area contributed by atoms with E-state index in [0.29, 0.717) is 6.54 Å². The van der Waals surface area contributed by atoms with Gasteiger partial charge in [0.05, 0.1) is 13.2 Å². The van der Waals surface area contributed by atoms with Crippen LogP contribution in [0.4, 0.5) is 8.78 Å². The fourth-order valence-corrected chi connectivity index (χ4v) is 3.03. The summed E-state index contributed by atoms with van der Waals surface area (Å²) in [4.78, 5) is 16.4. The first-order valence-electron chi connectivity index (χ1n) is 9.62. The average Bonchev–Trinajstić information content (AvgIpc) is 3.19. The molecule has 1 aromatic heterocycles. The molecule has 0 spiro atoms. The topological polar surface area (TPSA) is 68.0 Å². The Kier molecular flexibility index (Phi) is 7.54. The largest absolute Gasteiger partial charge is 0.482 e. The van der Waals surface area contributed by atoms with Crippen molar-refractivity contribution >= 4 is 5.91 Å². The second kappa shape index (κ2) is 10.3. The molecule has 0 bridgehead atoms. The summed E-state index contributed by atoms with van der Waals surface area (Å²) in [6.45, 7) is 4.97. The Morgan fingerprint density at radius 1 is 1.24 bits per heavy atom. The second-order valence-corrected chi connectivity index (χ2v) is 6.93. The van der Waals surface area contributed by atoms with Crippen LogP contribution in [-0.4, -0.2) is 67.3 Å². The van der Waals surface area contributed by atoms with Crippen LogP contribution in [0.1, 0.15) is 29.1 Å². The lowest BCUT2D eigenvalue weighted by atomic mass is 10.2. The number of benzene rings is 1. The molecular weight excluding hydrogens is 384 g/mol. The summed E-state index contributed by atoms with van der Waals surface area (Å²) < 4.78 is 42.2. The van der Waals surface area contributed by atoms with E-state index in [1.165, 1.54) is 12.1 Å². The number of rotatable bonds is 9. The first-order chi connectivity index (χ1) is 14.0. The lowest BCUT2D eigenvalue weighted by Gasteiger charge is -2.26. The zero-order valence-electron chi connectivity index (χ0n) is 16.4. The van der Waals surface area contributed by atoms with Gasteiger partial charge in [0.25, 0.3) is 5.91 Å². The highest BCUT2D eigenvalue weighted by atomic mass is 19.1. The Morgan fingerprint density at radius 2 is 2.03 bits per heavy atom. The van der Waals surface area contributed by atoms with Gasteiger partial charge in [-0.1, -0.05) is 5.16 Å². The number of carbonyl (C=O) groups excluding carboxylic acids is 1. The van der Waals surface area contributed by atoms with Gasteiger partial charge < -0.3 is 18.9 Å². The average molecular weight is 409 g/mol. The molecule has 0 aliphatic carbocycles. The molecule has 3 rings (SSSR count). The van der Waals surface area contributed by atoms with E-state index < -0.39 is 11.6 Å². The van der Waals surface area contributed by atoms with E-state index in [2.05, 4.69) is 10.1 Å². The van der Waals surface area contributed by atoms with Gasteiger partial charge >= 0.3 is 0 Å². The third kappa shape index (κ3) is 6.23. The van der Waals surface area contributed by atoms with Crippen molar-refractivity contribution in [3.8, 4) is 5.75 Å². The third-order valence-electron chi connectivity index (χ3n) is 4.71. The monoisotopic (exact) mass is 409 g/mol. The van der Waals surface area contributed by atoms with Gasteiger partial charge in [0, 0.05) is 38.8 Å². The molecule has 7 nitrogen and oxygen atoms in total. The van der Waals surface area contributed by atoms with Crippen LogP contribution in [0.25, 0.3) is 0 Å². The zero-order chi connectivity index (χ0) is 20.6. The number of hydrogen-bond donors (Lipinski definition) is 0. The van der Waals surface area contributed by atoms with Gasteiger partial charge in [0.1, 0.15) is 12.4 Å². The van der Waals surface area contributed by atoms with Crippen molar-refractivity contribution < 1.29 is 27.6 Å². The van der Waals surface area contributed by atoms with Gasteiger partial charge in [-0.2, -0.15) is 0 Å². The van der Waals surface area contributed by atoms with Gasteiger partial charge in [-0.25, -0.2) is 8.78 Å². The van der Waals surface area contributed by atoms with Crippen LogP contribution in [0.15, 0.2) is 28.8 Å². The van der Waals surface area contributed by atoms with E-state index in [1.54, 1.807) is 11.9 Å². The van der Waals surface area contributed by atoms with Crippen molar-refractivity contribution in [3.05, 3.63) is 47.4 Å². The fourth-order valence-electron chi connectivity index (χ4n) is 3.03. The summed E-state index contributed by atoms with van der Waals surface area (Å²) in [6, 6.07) is 4.49. The SMILES string of the molecule is CN(CCCCN1CCOCC1)C(=O)c1cc(COc2ccc(F)cc2F)on1. The molecule has 1 amide bonds. The van der Waals surface area contributed by atoms with Crippen molar-refractivity contribution in [1.29, 1.82) is 0 Å². The lowest BCUT2D eigenvalue weighted by molar-refractivity contribution is 0.0369. The van der Waals surface area contributed by atoms with Gasteiger partial charge in [-0.05, 0) is 31.5 Å². The summed E-state index contributed by atoms with van der Waals surface area (Å²) in [7, 11) is 1.72. The minimum Gasteiger partial charge on any atom is -0.482 e. The van der Waals surface area contributed by atoms with E-state index in [-0.39, 0.29) is 29.7 Å². The second-order valence-electron chi connectivity index (χ2n) is 6.93. The highest BCUT2D eigenvalue weighted by Crippen LogP contribution is 2.19. The van der Waals surface area contributed by atoms with E-state index in [1.807, 2.05) is 0 Å². The summed E-state index contributed by atoms with van der Waals surface area (Å²) in [5, 5.41) is 3.77. The normalized spacial score (nSPS) is 14.7. The van der Waals surface area contributed by atoms with Gasteiger partial charge in [-0.15, -0.1) is 0 Å². The number of morpholine rings is 1. The molecule has 1 aromatic carbocycles. The van der Waals surface area contributed by atoms with Gasteiger partial charge in [0.15, 0.2) is 23.0 Å². The smallest absolute Gasteiger partial charge is 0.275 e. The molecule has 158 valence electrons. The van der Waals surface area contributed by atoms with Crippen molar-refractivity contribution in [2.24, 2.45) is 0 Å². The van der Waals surface area contributed by atoms with Crippen molar-refractivity contribution in [1.82, 2.24) is 15.0 Å². The van der Waals surface area contributed by atoms with Crippen LogP contribution < -0.4 is 4.74 Å². The number of unbranched alkanes of at least 4 members (excludes halogenated alkanes) is 1. The number of hydrogen-bond acceptors (Lipinski definition) is 6. The first kappa shape index (κ1) is 21.2. The third-order valence-corrected chi connectivity index (χ3v) is 4.71. The number of aromatic nitrogens is 1. The molecule has 1 aliphatic rings. The van der Waals surface area contributed by atoms with Gasteiger partial charge in [0.2, 0.25) is 0 Å². The molecule has 1 fully saturated rings. The number of nitrogens with zero attached hydrogens (tertiary/aromatic N) is 3. The molecule has 1 aliphatic heterocycles. The molecule has 29 heavy (non-hydrogen) atoms. The quantitative estimate of drug-likeness (QED) is 0.594. The Hall–Kier alpha value is -2.52. The molecular formula is C20H25F2N3O4. The van der Waals surface area contributed by atoms with E-state index in [9.17, 15) is 13.6 Å². The maximum Gasteiger partial charge on any atom is 0.275 e. The number of ether oxygens (including phenoxy) is 2. The Morgan fingerprint density at radius 3 is 2.79 bits per heavy atom. The molecule has 0 N–H and O–H groups in total. The van der Waals surface area contributed by atoms with Crippen molar-refractivity contribution in [2.45, 2.75) is 19.4 Å². The molecule has 2 aromatic rings. The minimum atomic E-state index is -0.808. The van der Waals surface area contributed by atoms with Gasteiger partial charge in [-0.3, -0.25) is 9.69 Å². The van der Waals surface area contributed by atoms with Crippen molar-refractivity contribution in [3.63, 3.8) is 0 Å². The summed E-state index contributed by atoms with van der Waals surface area (Å²) in [6.07, 6.45) is 1.88. The van der Waals surface area contributed by atoms with E-state index in [4.69, 9.17) is 14.0 Å². The molecule has 0 atom stereocenters. The molecule has 2 heterocycles.